The van der Waals surface area contributed by atoms with Crippen LogP contribution in [-0.4, -0.2) is 45.8 Å². The highest BCUT2D eigenvalue weighted by Gasteiger charge is 2.29. The zero-order valence-corrected chi connectivity index (χ0v) is 22.8. The van der Waals surface area contributed by atoms with Gasteiger partial charge in [-0.05, 0) is 48.4 Å². The van der Waals surface area contributed by atoms with Gasteiger partial charge in [0.15, 0.2) is 11.8 Å². The Kier molecular flexibility index (Phi) is 9.32. The zero-order chi connectivity index (χ0) is 23.2. The molecule has 1 aromatic heterocycles. The standard InChI is InChI=1S/C26H34N6O.HI/c1-19-18-32(15-14-24(19)22-8-6-5-7-9-22)26(28-17-25-30-29-20(2)31(25)3)27-16-21-10-12-23(33-4)13-11-21;/h5-13,19,24H,14-18H2,1-4H3,(H,27,28);1H. The van der Waals surface area contributed by atoms with Crippen LogP contribution in [0, 0.1) is 12.8 Å². The van der Waals surface area contributed by atoms with Crippen molar-refractivity contribution < 1.29 is 4.74 Å². The fraction of sp³-hybridized carbons (Fsp3) is 0.423. The number of hydrogen-bond donors (Lipinski definition) is 1. The van der Waals surface area contributed by atoms with Gasteiger partial charge in [-0.2, -0.15) is 0 Å². The molecule has 0 amide bonds. The Balaban J connectivity index is 0.00000324. The lowest BCUT2D eigenvalue weighted by molar-refractivity contribution is 0.234. The number of aryl methyl sites for hydroxylation is 1. The van der Waals surface area contributed by atoms with Crippen LogP contribution in [0.25, 0.3) is 0 Å². The highest BCUT2D eigenvalue weighted by Crippen LogP contribution is 2.32. The number of ether oxygens (including phenoxy) is 1. The summed E-state index contributed by atoms with van der Waals surface area (Å²) < 4.78 is 7.29. The lowest BCUT2D eigenvalue weighted by atomic mass is 9.82. The van der Waals surface area contributed by atoms with Crippen LogP contribution >= 0.6 is 24.0 Å². The average molecular weight is 575 g/mol. The van der Waals surface area contributed by atoms with Crippen LogP contribution in [0.4, 0.5) is 0 Å². The first-order valence-corrected chi connectivity index (χ1v) is 11.6. The summed E-state index contributed by atoms with van der Waals surface area (Å²) in [6, 6.07) is 19.0. The number of guanidine groups is 1. The van der Waals surface area contributed by atoms with E-state index in [-0.39, 0.29) is 24.0 Å². The number of halogens is 1. The van der Waals surface area contributed by atoms with E-state index in [0.717, 1.165) is 48.4 Å². The predicted octanol–water partition coefficient (Wildman–Crippen LogP) is 4.52. The summed E-state index contributed by atoms with van der Waals surface area (Å²) in [5.74, 6) is 4.69. The minimum Gasteiger partial charge on any atom is -0.497 e. The third kappa shape index (κ3) is 6.28. The number of methoxy groups -OCH3 is 1. The van der Waals surface area contributed by atoms with Crippen LogP contribution < -0.4 is 10.1 Å². The number of nitrogens with zero attached hydrogens (tertiary/aromatic N) is 5. The van der Waals surface area contributed by atoms with Gasteiger partial charge in [0.2, 0.25) is 0 Å². The van der Waals surface area contributed by atoms with Crippen LogP contribution in [-0.2, 0) is 20.1 Å². The van der Waals surface area contributed by atoms with Crippen molar-refractivity contribution in [1.29, 1.82) is 0 Å². The van der Waals surface area contributed by atoms with Gasteiger partial charge in [-0.15, -0.1) is 34.2 Å². The van der Waals surface area contributed by atoms with Crippen molar-refractivity contribution in [2.75, 3.05) is 20.2 Å². The monoisotopic (exact) mass is 574 g/mol. The van der Waals surface area contributed by atoms with Crippen LogP contribution in [0.1, 0.15) is 42.0 Å². The van der Waals surface area contributed by atoms with Gasteiger partial charge >= 0.3 is 0 Å². The minimum atomic E-state index is 0. The Morgan fingerprint density at radius 3 is 2.47 bits per heavy atom. The molecular formula is C26H35IN6O. The molecule has 2 aromatic carbocycles. The van der Waals surface area contributed by atoms with Crippen LogP contribution in [0.5, 0.6) is 5.75 Å². The molecular weight excluding hydrogens is 539 g/mol. The van der Waals surface area contributed by atoms with Crippen molar-refractivity contribution in [2.45, 2.75) is 39.3 Å². The largest absolute Gasteiger partial charge is 0.497 e. The van der Waals surface area contributed by atoms with E-state index in [1.54, 1.807) is 7.11 Å². The van der Waals surface area contributed by atoms with Crippen molar-refractivity contribution in [3.63, 3.8) is 0 Å². The van der Waals surface area contributed by atoms with E-state index in [9.17, 15) is 0 Å². The van der Waals surface area contributed by atoms with Gasteiger partial charge in [0.1, 0.15) is 11.6 Å². The second kappa shape index (κ2) is 12.2. The van der Waals surface area contributed by atoms with E-state index < -0.39 is 0 Å². The Bertz CT molecular complexity index is 1070. The Morgan fingerprint density at radius 1 is 1.12 bits per heavy atom. The molecule has 3 aromatic rings. The summed E-state index contributed by atoms with van der Waals surface area (Å²) in [6.45, 7) is 7.44. The maximum absolute atomic E-state index is 5.28. The smallest absolute Gasteiger partial charge is 0.194 e. The Morgan fingerprint density at radius 2 is 1.85 bits per heavy atom. The number of piperidine rings is 1. The number of rotatable bonds is 6. The van der Waals surface area contributed by atoms with Crippen molar-refractivity contribution in [2.24, 2.45) is 18.0 Å². The van der Waals surface area contributed by atoms with E-state index >= 15 is 0 Å². The Hall–Kier alpha value is -2.62. The third-order valence-corrected chi connectivity index (χ3v) is 6.59. The first-order chi connectivity index (χ1) is 16.0. The maximum atomic E-state index is 5.28. The third-order valence-electron chi connectivity index (χ3n) is 6.59. The average Bonchev–Trinajstić information content (AvgIpc) is 3.17. The van der Waals surface area contributed by atoms with Gasteiger partial charge in [0.05, 0.1) is 20.2 Å². The van der Waals surface area contributed by atoms with E-state index in [0.29, 0.717) is 24.9 Å². The number of benzene rings is 2. The SMILES string of the molecule is COc1ccc(CN=C(NCc2nnc(C)n2C)N2CCC(c3ccccc3)C(C)C2)cc1.I. The number of aliphatic imine (C=N–C) groups is 1. The van der Waals surface area contributed by atoms with Gasteiger partial charge in [0.25, 0.3) is 0 Å². The minimum absolute atomic E-state index is 0. The number of aromatic nitrogens is 3. The molecule has 0 bridgehead atoms. The summed E-state index contributed by atoms with van der Waals surface area (Å²) in [7, 11) is 3.68. The topological polar surface area (TPSA) is 67.6 Å². The molecule has 0 aliphatic carbocycles. The molecule has 8 heteroatoms. The molecule has 0 radical (unpaired) electrons. The maximum Gasteiger partial charge on any atom is 0.194 e. The molecule has 4 rings (SSSR count). The molecule has 1 fully saturated rings. The molecule has 1 saturated heterocycles. The highest BCUT2D eigenvalue weighted by molar-refractivity contribution is 14.0. The van der Waals surface area contributed by atoms with Crippen LogP contribution in [0.2, 0.25) is 0 Å². The Labute approximate surface area is 219 Å². The van der Waals surface area contributed by atoms with Gasteiger partial charge in [0, 0.05) is 20.1 Å². The first-order valence-electron chi connectivity index (χ1n) is 11.6. The molecule has 0 spiro atoms. The summed E-state index contributed by atoms with van der Waals surface area (Å²) in [4.78, 5) is 7.38. The van der Waals surface area contributed by atoms with E-state index in [2.05, 4.69) is 69.8 Å². The van der Waals surface area contributed by atoms with Crippen molar-refractivity contribution >= 4 is 29.9 Å². The predicted molar refractivity (Wildman–Crippen MR) is 147 cm³/mol. The summed E-state index contributed by atoms with van der Waals surface area (Å²) in [5.41, 5.74) is 2.58. The fourth-order valence-electron chi connectivity index (χ4n) is 4.46. The number of nitrogens with one attached hydrogen (secondary N) is 1. The summed E-state index contributed by atoms with van der Waals surface area (Å²) >= 11 is 0. The molecule has 2 unspecified atom stereocenters. The molecule has 2 atom stereocenters. The van der Waals surface area contributed by atoms with Crippen molar-refractivity contribution in [3.8, 4) is 5.75 Å². The lowest BCUT2D eigenvalue weighted by Gasteiger charge is -2.39. The number of hydrogen-bond acceptors (Lipinski definition) is 4. The first kappa shape index (κ1) is 26.0. The van der Waals surface area contributed by atoms with Crippen molar-refractivity contribution in [3.05, 3.63) is 77.4 Å². The normalized spacial score (nSPS) is 18.4. The van der Waals surface area contributed by atoms with E-state index in [4.69, 9.17) is 9.73 Å². The second-order valence-corrected chi connectivity index (χ2v) is 8.79. The summed E-state index contributed by atoms with van der Waals surface area (Å²) in [6.07, 6.45) is 1.11. The van der Waals surface area contributed by atoms with Gasteiger partial charge in [-0.25, -0.2) is 4.99 Å². The molecule has 1 aliphatic heterocycles. The molecule has 34 heavy (non-hydrogen) atoms. The zero-order valence-electron chi connectivity index (χ0n) is 20.4. The number of likely N-dealkylation sites (tertiary alicyclic amines) is 1. The molecule has 1 aliphatic rings. The quantitative estimate of drug-likeness (QED) is 0.267. The van der Waals surface area contributed by atoms with E-state index in [1.807, 2.05) is 30.7 Å². The van der Waals surface area contributed by atoms with Gasteiger partial charge in [-0.1, -0.05) is 49.4 Å². The van der Waals surface area contributed by atoms with Gasteiger partial charge < -0.3 is 19.5 Å². The van der Waals surface area contributed by atoms with E-state index in [1.165, 1.54) is 5.56 Å². The van der Waals surface area contributed by atoms with Gasteiger partial charge in [-0.3, -0.25) is 0 Å². The molecule has 1 N–H and O–H groups in total. The molecule has 0 saturated carbocycles. The molecule has 182 valence electrons. The summed E-state index contributed by atoms with van der Waals surface area (Å²) in [5, 5.41) is 12.0. The van der Waals surface area contributed by atoms with Crippen LogP contribution in [0.3, 0.4) is 0 Å². The lowest BCUT2D eigenvalue weighted by Crippen LogP contribution is -2.48. The molecule has 2 heterocycles. The fourth-order valence-corrected chi connectivity index (χ4v) is 4.46. The molecule has 7 nitrogen and oxygen atoms in total. The highest BCUT2D eigenvalue weighted by atomic mass is 127. The van der Waals surface area contributed by atoms with Crippen LogP contribution in [0.15, 0.2) is 59.6 Å². The van der Waals surface area contributed by atoms with Crippen molar-refractivity contribution in [1.82, 2.24) is 25.0 Å². The second-order valence-electron chi connectivity index (χ2n) is 8.79.